The molecule has 11 heteroatoms. The van der Waals surface area contributed by atoms with Crippen molar-refractivity contribution in [1.82, 2.24) is 20.2 Å². The van der Waals surface area contributed by atoms with E-state index in [0.29, 0.717) is 16.5 Å². The third-order valence-corrected chi connectivity index (χ3v) is 6.15. The lowest BCUT2D eigenvalue weighted by Gasteiger charge is -2.10. The highest BCUT2D eigenvalue weighted by atomic mass is 35.5. The van der Waals surface area contributed by atoms with Crippen LogP contribution in [0, 0.1) is 17.0 Å². The lowest BCUT2D eigenvalue weighted by atomic mass is 10.2. The fraction of sp³-hybridized carbons (Fsp3) is 0.0833. The van der Waals surface area contributed by atoms with Gasteiger partial charge < -0.3 is 0 Å². The van der Waals surface area contributed by atoms with E-state index in [1.165, 1.54) is 36.2 Å². The molecule has 1 N–H and O–H groups in total. The molecule has 0 aliphatic heterocycles. The molecule has 0 saturated heterocycles. The minimum atomic E-state index is -0.531. The summed E-state index contributed by atoms with van der Waals surface area (Å²) < 4.78 is 1.90. The molecule has 0 atom stereocenters. The molecule has 1 heterocycles. The number of hydrogen-bond donors (Lipinski definition) is 1. The van der Waals surface area contributed by atoms with Gasteiger partial charge in [-0.05, 0) is 25.1 Å². The van der Waals surface area contributed by atoms with Gasteiger partial charge in [-0.15, -0.1) is 10.2 Å². The second kappa shape index (κ2) is 10.9. The van der Waals surface area contributed by atoms with Crippen LogP contribution in [-0.4, -0.2) is 37.6 Å². The van der Waals surface area contributed by atoms with Crippen LogP contribution in [0.5, 0.6) is 0 Å². The summed E-state index contributed by atoms with van der Waals surface area (Å²) in [6, 6.07) is 21.6. The maximum Gasteiger partial charge on any atom is 0.270 e. The first-order chi connectivity index (χ1) is 16.9. The summed E-state index contributed by atoms with van der Waals surface area (Å²) in [5.41, 5.74) is 5.50. The fourth-order valence-corrected chi connectivity index (χ4v) is 4.05. The van der Waals surface area contributed by atoms with Crippen molar-refractivity contribution in [1.29, 1.82) is 0 Å². The van der Waals surface area contributed by atoms with E-state index in [1.807, 2.05) is 66.1 Å². The second-order valence-electron chi connectivity index (χ2n) is 7.39. The van der Waals surface area contributed by atoms with Crippen molar-refractivity contribution in [2.75, 3.05) is 5.75 Å². The Hall–Kier alpha value is -4.02. The van der Waals surface area contributed by atoms with E-state index in [0.717, 1.165) is 16.8 Å². The first kappa shape index (κ1) is 24.1. The van der Waals surface area contributed by atoms with Crippen molar-refractivity contribution in [2.45, 2.75) is 12.1 Å². The monoisotopic (exact) mass is 506 g/mol. The number of carbonyl (C=O) groups is 1. The Kier molecular flexibility index (Phi) is 7.54. The number of aromatic nitrogens is 3. The molecule has 1 amide bonds. The molecule has 9 nitrogen and oxygen atoms in total. The van der Waals surface area contributed by atoms with E-state index in [-0.39, 0.29) is 22.4 Å². The van der Waals surface area contributed by atoms with Gasteiger partial charge in [-0.3, -0.25) is 19.5 Å². The number of halogens is 1. The SMILES string of the molecule is Cc1ccc(-n2c(SCC(=O)NN=Cc3cc([N+](=O)[O-])ccc3Cl)nnc2-c2ccccc2)cc1. The van der Waals surface area contributed by atoms with Gasteiger partial charge in [0.05, 0.1) is 16.9 Å². The fourth-order valence-electron chi connectivity index (χ4n) is 3.14. The van der Waals surface area contributed by atoms with E-state index in [2.05, 4.69) is 20.7 Å². The molecule has 0 bridgehead atoms. The maximum absolute atomic E-state index is 12.4. The zero-order valence-electron chi connectivity index (χ0n) is 18.5. The van der Waals surface area contributed by atoms with Crippen molar-refractivity contribution in [3.8, 4) is 17.1 Å². The molecular weight excluding hydrogens is 488 g/mol. The topological polar surface area (TPSA) is 115 Å². The molecule has 4 rings (SSSR count). The first-order valence-corrected chi connectivity index (χ1v) is 11.8. The van der Waals surface area contributed by atoms with Crippen molar-refractivity contribution in [3.05, 3.63) is 99.1 Å². The zero-order valence-corrected chi connectivity index (χ0v) is 20.0. The van der Waals surface area contributed by atoms with E-state index in [1.54, 1.807) is 0 Å². The smallest absolute Gasteiger partial charge is 0.270 e. The van der Waals surface area contributed by atoms with Crippen molar-refractivity contribution in [2.24, 2.45) is 5.10 Å². The van der Waals surface area contributed by atoms with Crippen LogP contribution in [0.3, 0.4) is 0 Å². The average Bonchev–Trinajstić information content (AvgIpc) is 3.29. The summed E-state index contributed by atoms with van der Waals surface area (Å²) in [5, 5.41) is 24.3. The molecule has 0 fully saturated rings. The molecule has 3 aromatic carbocycles. The van der Waals surface area contributed by atoms with Crippen LogP contribution in [0.4, 0.5) is 5.69 Å². The molecule has 176 valence electrons. The number of hydrogen-bond acceptors (Lipinski definition) is 7. The zero-order chi connectivity index (χ0) is 24.8. The lowest BCUT2D eigenvalue weighted by molar-refractivity contribution is -0.384. The molecule has 0 radical (unpaired) electrons. The predicted molar refractivity (Wildman–Crippen MR) is 136 cm³/mol. The molecule has 0 unspecified atom stereocenters. The number of thioether (sulfide) groups is 1. The Bertz CT molecular complexity index is 1390. The highest BCUT2D eigenvalue weighted by molar-refractivity contribution is 7.99. The van der Waals surface area contributed by atoms with Crippen LogP contribution in [0.25, 0.3) is 17.1 Å². The van der Waals surface area contributed by atoms with Gasteiger partial charge in [0.2, 0.25) is 0 Å². The van der Waals surface area contributed by atoms with Crippen molar-refractivity contribution < 1.29 is 9.72 Å². The normalized spacial score (nSPS) is 11.0. The number of nitro groups is 1. The summed E-state index contributed by atoms with van der Waals surface area (Å²) in [4.78, 5) is 22.8. The number of carbonyl (C=O) groups excluding carboxylic acids is 1. The third kappa shape index (κ3) is 5.92. The van der Waals surface area contributed by atoms with Gasteiger partial charge >= 0.3 is 0 Å². The summed E-state index contributed by atoms with van der Waals surface area (Å²) in [5.74, 6) is 0.307. The molecule has 1 aromatic heterocycles. The number of benzene rings is 3. The molecule has 0 aliphatic rings. The number of non-ortho nitro benzene ring substituents is 1. The van der Waals surface area contributed by atoms with Gasteiger partial charge in [0.1, 0.15) is 0 Å². The van der Waals surface area contributed by atoms with Gasteiger partial charge in [0.25, 0.3) is 11.6 Å². The van der Waals surface area contributed by atoms with E-state index in [4.69, 9.17) is 11.6 Å². The molecule has 35 heavy (non-hydrogen) atoms. The maximum atomic E-state index is 12.4. The van der Waals surface area contributed by atoms with E-state index < -0.39 is 4.92 Å². The number of amides is 1. The van der Waals surface area contributed by atoms with Crippen LogP contribution < -0.4 is 5.43 Å². The molecule has 0 spiro atoms. The Morgan fingerprint density at radius 3 is 2.60 bits per heavy atom. The number of aryl methyl sites for hydroxylation is 1. The van der Waals surface area contributed by atoms with Crippen LogP contribution in [0.15, 0.2) is 83.1 Å². The molecule has 4 aromatic rings. The first-order valence-electron chi connectivity index (χ1n) is 10.4. The largest absolute Gasteiger partial charge is 0.272 e. The summed E-state index contributed by atoms with van der Waals surface area (Å²) in [6.07, 6.45) is 1.26. The molecule has 0 aliphatic carbocycles. The van der Waals surface area contributed by atoms with Gasteiger partial charge in [0.15, 0.2) is 11.0 Å². The van der Waals surface area contributed by atoms with Gasteiger partial charge in [-0.1, -0.05) is 71.4 Å². The predicted octanol–water partition coefficient (Wildman–Crippen LogP) is 5.05. The highest BCUT2D eigenvalue weighted by Crippen LogP contribution is 2.28. The quantitative estimate of drug-likeness (QED) is 0.155. The Morgan fingerprint density at radius 1 is 1.14 bits per heavy atom. The Balaban J connectivity index is 1.49. The number of nitrogens with zero attached hydrogens (tertiary/aromatic N) is 5. The van der Waals surface area contributed by atoms with Crippen molar-refractivity contribution >= 4 is 41.2 Å². The number of nitrogens with one attached hydrogen (secondary N) is 1. The summed E-state index contributed by atoms with van der Waals surface area (Å²) >= 11 is 7.26. The van der Waals surface area contributed by atoms with Gasteiger partial charge in [-0.25, -0.2) is 5.43 Å². The standard InChI is InChI=1S/C24H19ClN6O3S/c1-16-7-9-19(10-8-16)30-23(17-5-3-2-4-6-17)28-29-24(30)35-15-22(32)27-26-14-18-13-20(31(33)34)11-12-21(18)25/h2-14H,15H2,1H3,(H,27,32). The van der Waals surface area contributed by atoms with Gasteiger partial charge in [0, 0.05) is 34.0 Å². The summed E-state index contributed by atoms with van der Waals surface area (Å²) in [7, 11) is 0. The molecule has 0 saturated carbocycles. The summed E-state index contributed by atoms with van der Waals surface area (Å²) in [6.45, 7) is 2.01. The number of hydrazone groups is 1. The number of rotatable bonds is 8. The average molecular weight is 507 g/mol. The third-order valence-electron chi connectivity index (χ3n) is 4.87. The van der Waals surface area contributed by atoms with E-state index >= 15 is 0 Å². The van der Waals surface area contributed by atoms with Crippen LogP contribution >= 0.6 is 23.4 Å². The Morgan fingerprint density at radius 2 is 1.89 bits per heavy atom. The van der Waals surface area contributed by atoms with Crippen molar-refractivity contribution in [3.63, 3.8) is 0 Å². The Labute approximate surface area is 210 Å². The lowest BCUT2D eigenvalue weighted by Crippen LogP contribution is -2.20. The minimum Gasteiger partial charge on any atom is -0.272 e. The number of nitro benzene ring substituents is 1. The van der Waals surface area contributed by atoms with Gasteiger partial charge in [-0.2, -0.15) is 5.10 Å². The molecular formula is C24H19ClN6O3S. The second-order valence-corrected chi connectivity index (χ2v) is 8.74. The van der Waals surface area contributed by atoms with Crippen LogP contribution in [0.2, 0.25) is 5.02 Å². The van der Waals surface area contributed by atoms with E-state index in [9.17, 15) is 14.9 Å². The van der Waals surface area contributed by atoms with Crippen LogP contribution in [0.1, 0.15) is 11.1 Å². The highest BCUT2D eigenvalue weighted by Gasteiger charge is 2.17. The van der Waals surface area contributed by atoms with Crippen LogP contribution in [-0.2, 0) is 4.79 Å². The minimum absolute atomic E-state index is 0.0266.